The van der Waals surface area contributed by atoms with E-state index >= 15 is 0 Å². The number of unbranched alkanes of at least 4 members (excludes halogenated alkanes) is 3. The molecule has 152 valence electrons. The van der Waals surface area contributed by atoms with E-state index in [0.29, 0.717) is 6.61 Å². The molecule has 0 saturated carbocycles. The van der Waals surface area contributed by atoms with E-state index in [1.807, 2.05) is 48.5 Å². The first-order chi connectivity index (χ1) is 13.7. The number of hydrogen-bond donors (Lipinski definition) is 2. The fourth-order valence-corrected chi connectivity index (χ4v) is 2.66. The Kier molecular flexibility index (Phi) is 9.76. The van der Waals surface area contributed by atoms with Crippen LogP contribution in [0.2, 0.25) is 0 Å². The van der Waals surface area contributed by atoms with Gasteiger partial charge in [0.1, 0.15) is 11.5 Å². The van der Waals surface area contributed by atoms with Crippen LogP contribution >= 0.6 is 0 Å². The number of amides is 1. The molecule has 2 N–H and O–H groups in total. The van der Waals surface area contributed by atoms with Crippen LogP contribution in [-0.4, -0.2) is 25.7 Å². The number of hydrogen-bond acceptors (Lipinski definition) is 4. The molecule has 5 nitrogen and oxygen atoms in total. The van der Waals surface area contributed by atoms with Crippen molar-refractivity contribution in [1.82, 2.24) is 0 Å². The first kappa shape index (κ1) is 21.6. The molecular weight excluding hydrogens is 352 g/mol. The Hall–Kier alpha value is -2.69. The molecule has 0 heterocycles. The van der Waals surface area contributed by atoms with Gasteiger partial charge < -0.3 is 20.1 Å². The minimum Gasteiger partial charge on any atom is -0.494 e. The molecule has 2 aromatic rings. The normalized spacial score (nSPS) is 10.4. The van der Waals surface area contributed by atoms with Crippen LogP contribution in [0.25, 0.3) is 0 Å². The van der Waals surface area contributed by atoms with Gasteiger partial charge in [-0.3, -0.25) is 4.79 Å². The second-order valence-corrected chi connectivity index (χ2v) is 6.71. The maximum Gasteiger partial charge on any atom is 0.243 e. The third-order valence-corrected chi connectivity index (χ3v) is 4.16. The summed E-state index contributed by atoms with van der Waals surface area (Å²) >= 11 is 0. The van der Waals surface area contributed by atoms with Gasteiger partial charge in [-0.05, 0) is 49.2 Å². The maximum absolute atomic E-state index is 12.2. The van der Waals surface area contributed by atoms with Crippen LogP contribution in [0, 0.1) is 0 Å². The summed E-state index contributed by atoms with van der Waals surface area (Å²) < 4.78 is 11.3. The average Bonchev–Trinajstić information content (AvgIpc) is 2.72. The summed E-state index contributed by atoms with van der Waals surface area (Å²) in [5.74, 6) is 1.53. The molecule has 5 heteroatoms. The zero-order valence-corrected chi connectivity index (χ0v) is 17.0. The van der Waals surface area contributed by atoms with Gasteiger partial charge in [-0.25, -0.2) is 0 Å². The minimum absolute atomic E-state index is 0.104. The monoisotopic (exact) mass is 384 g/mol. The number of anilines is 2. The fourth-order valence-electron chi connectivity index (χ4n) is 2.66. The number of rotatable bonds is 13. The van der Waals surface area contributed by atoms with Gasteiger partial charge in [0.25, 0.3) is 0 Å². The topological polar surface area (TPSA) is 59.6 Å². The van der Waals surface area contributed by atoms with Crippen molar-refractivity contribution in [3.05, 3.63) is 48.5 Å². The number of ether oxygens (including phenoxy) is 2. The minimum atomic E-state index is -0.104. The van der Waals surface area contributed by atoms with Crippen LogP contribution < -0.4 is 20.1 Å². The second-order valence-electron chi connectivity index (χ2n) is 6.71. The van der Waals surface area contributed by atoms with Crippen LogP contribution in [0.5, 0.6) is 11.5 Å². The molecule has 0 fully saturated rings. The average molecular weight is 385 g/mol. The predicted octanol–water partition coefficient (Wildman–Crippen LogP) is 5.49. The van der Waals surface area contributed by atoms with Crippen molar-refractivity contribution in [3.8, 4) is 11.5 Å². The van der Waals surface area contributed by atoms with Gasteiger partial charge in [-0.2, -0.15) is 0 Å². The summed E-state index contributed by atoms with van der Waals surface area (Å²) in [5, 5.41) is 6.01. The third-order valence-electron chi connectivity index (χ3n) is 4.16. The van der Waals surface area contributed by atoms with E-state index in [1.54, 1.807) is 0 Å². The van der Waals surface area contributed by atoms with Crippen molar-refractivity contribution in [1.29, 1.82) is 0 Å². The fraction of sp³-hybridized carbons (Fsp3) is 0.435. The molecule has 0 bridgehead atoms. The molecule has 0 saturated heterocycles. The Morgan fingerprint density at radius 1 is 0.821 bits per heavy atom. The Bertz CT molecular complexity index is 701. The van der Waals surface area contributed by atoms with Crippen molar-refractivity contribution < 1.29 is 14.3 Å². The van der Waals surface area contributed by atoms with Gasteiger partial charge in [0.05, 0.1) is 19.8 Å². The SMILES string of the molecule is CCCCCCOc1cccc(NCC(=O)Nc2ccc(OCCC)cc2)c1. The molecular formula is C23H32N2O3. The number of nitrogens with one attached hydrogen (secondary N) is 2. The summed E-state index contributed by atoms with van der Waals surface area (Å²) in [7, 11) is 0. The van der Waals surface area contributed by atoms with Crippen molar-refractivity contribution in [3.63, 3.8) is 0 Å². The van der Waals surface area contributed by atoms with E-state index in [2.05, 4.69) is 24.5 Å². The zero-order chi connectivity index (χ0) is 20.0. The van der Waals surface area contributed by atoms with Crippen LogP contribution in [0.15, 0.2) is 48.5 Å². The lowest BCUT2D eigenvalue weighted by atomic mass is 10.2. The van der Waals surface area contributed by atoms with E-state index in [0.717, 1.165) is 42.3 Å². The highest BCUT2D eigenvalue weighted by Crippen LogP contribution is 2.18. The highest BCUT2D eigenvalue weighted by molar-refractivity contribution is 5.93. The first-order valence-electron chi connectivity index (χ1n) is 10.2. The van der Waals surface area contributed by atoms with Crippen LogP contribution in [-0.2, 0) is 4.79 Å². The van der Waals surface area contributed by atoms with Gasteiger partial charge in [-0.15, -0.1) is 0 Å². The zero-order valence-electron chi connectivity index (χ0n) is 17.0. The van der Waals surface area contributed by atoms with Crippen LogP contribution in [0.4, 0.5) is 11.4 Å². The Morgan fingerprint density at radius 2 is 1.61 bits per heavy atom. The largest absolute Gasteiger partial charge is 0.494 e. The van der Waals surface area contributed by atoms with Crippen molar-refractivity contribution in [2.75, 3.05) is 30.4 Å². The van der Waals surface area contributed by atoms with E-state index in [1.165, 1.54) is 19.3 Å². The lowest BCUT2D eigenvalue weighted by Gasteiger charge is -2.11. The maximum atomic E-state index is 12.2. The summed E-state index contributed by atoms with van der Waals surface area (Å²) in [6, 6.07) is 15.1. The molecule has 1 amide bonds. The predicted molar refractivity (Wildman–Crippen MR) is 115 cm³/mol. The molecule has 2 rings (SSSR count). The second kappa shape index (κ2) is 12.7. The molecule has 0 aliphatic carbocycles. The van der Waals surface area contributed by atoms with Gasteiger partial charge in [0.15, 0.2) is 0 Å². The van der Waals surface area contributed by atoms with Crippen LogP contribution in [0.3, 0.4) is 0 Å². The van der Waals surface area contributed by atoms with E-state index < -0.39 is 0 Å². The molecule has 0 aliphatic heterocycles. The molecule has 0 spiro atoms. The van der Waals surface area contributed by atoms with Gasteiger partial charge in [0, 0.05) is 17.4 Å². The molecule has 0 radical (unpaired) electrons. The Balaban J connectivity index is 1.73. The quantitative estimate of drug-likeness (QED) is 0.449. The van der Waals surface area contributed by atoms with Crippen molar-refractivity contribution in [2.45, 2.75) is 46.0 Å². The first-order valence-corrected chi connectivity index (χ1v) is 10.2. The smallest absolute Gasteiger partial charge is 0.243 e. The van der Waals surface area contributed by atoms with Crippen molar-refractivity contribution >= 4 is 17.3 Å². The lowest BCUT2D eigenvalue weighted by molar-refractivity contribution is -0.114. The standard InChI is InChI=1S/C23H32N2O3/c1-3-5-6-7-16-28-22-10-8-9-20(17-22)24-18-23(26)25-19-11-13-21(14-12-19)27-15-4-2/h8-14,17,24H,3-7,15-16,18H2,1-2H3,(H,25,26). The van der Waals surface area contributed by atoms with Gasteiger partial charge in [-0.1, -0.05) is 39.2 Å². The molecule has 0 aromatic heterocycles. The molecule has 0 aliphatic rings. The van der Waals surface area contributed by atoms with Gasteiger partial charge in [0.2, 0.25) is 5.91 Å². The van der Waals surface area contributed by atoms with E-state index in [9.17, 15) is 4.79 Å². The number of carbonyl (C=O) groups excluding carboxylic acids is 1. The highest BCUT2D eigenvalue weighted by Gasteiger charge is 2.04. The third kappa shape index (κ3) is 8.33. The van der Waals surface area contributed by atoms with Gasteiger partial charge >= 0.3 is 0 Å². The van der Waals surface area contributed by atoms with Crippen LogP contribution in [0.1, 0.15) is 46.0 Å². The summed E-state index contributed by atoms with van der Waals surface area (Å²) in [6.07, 6.45) is 5.69. The highest BCUT2D eigenvalue weighted by atomic mass is 16.5. The van der Waals surface area contributed by atoms with E-state index in [4.69, 9.17) is 9.47 Å². The molecule has 2 aromatic carbocycles. The Morgan fingerprint density at radius 3 is 2.36 bits per heavy atom. The number of carbonyl (C=O) groups is 1. The molecule has 28 heavy (non-hydrogen) atoms. The van der Waals surface area contributed by atoms with E-state index in [-0.39, 0.29) is 12.5 Å². The summed E-state index contributed by atoms with van der Waals surface area (Å²) in [6.45, 7) is 5.87. The number of benzene rings is 2. The summed E-state index contributed by atoms with van der Waals surface area (Å²) in [5.41, 5.74) is 1.62. The summed E-state index contributed by atoms with van der Waals surface area (Å²) in [4.78, 5) is 12.2. The lowest BCUT2D eigenvalue weighted by Crippen LogP contribution is -2.21. The molecule has 0 atom stereocenters. The Labute approximate surface area is 168 Å². The van der Waals surface area contributed by atoms with Crippen molar-refractivity contribution in [2.24, 2.45) is 0 Å². The molecule has 0 unspecified atom stereocenters.